The second kappa shape index (κ2) is 4.46. The van der Waals surface area contributed by atoms with Crippen LogP contribution in [0.3, 0.4) is 0 Å². The largest absolute Gasteiger partial charge is 0.369 e. The maximum atomic E-state index is 12.5. The van der Waals surface area contributed by atoms with Gasteiger partial charge in [0.05, 0.1) is 0 Å². The highest BCUT2D eigenvalue weighted by Crippen LogP contribution is 2.38. The summed E-state index contributed by atoms with van der Waals surface area (Å²) < 4.78 is 0. The lowest BCUT2D eigenvalue weighted by Gasteiger charge is -2.29. The fraction of sp³-hybridized carbons (Fsp3) is 0.235. The highest BCUT2D eigenvalue weighted by molar-refractivity contribution is 6.22. The molecule has 0 amide bonds. The molecule has 0 spiro atoms. The summed E-state index contributed by atoms with van der Waals surface area (Å²) in [5, 5.41) is 3.35. The summed E-state index contributed by atoms with van der Waals surface area (Å²) in [5.41, 5.74) is 4.98. The van der Waals surface area contributed by atoms with Crippen molar-refractivity contribution < 1.29 is 4.79 Å². The molecule has 1 saturated heterocycles. The van der Waals surface area contributed by atoms with Crippen molar-refractivity contribution in [1.29, 1.82) is 0 Å². The minimum Gasteiger partial charge on any atom is -0.369 e. The number of nitrogens with zero attached hydrogens (tertiary/aromatic N) is 1. The van der Waals surface area contributed by atoms with Crippen LogP contribution in [0.1, 0.15) is 15.9 Å². The van der Waals surface area contributed by atoms with E-state index < -0.39 is 0 Å². The average Bonchev–Trinajstić information content (AvgIpc) is 2.81. The number of anilines is 1. The first kappa shape index (κ1) is 11.7. The van der Waals surface area contributed by atoms with Crippen LogP contribution in [0.2, 0.25) is 0 Å². The molecule has 1 fully saturated rings. The summed E-state index contributed by atoms with van der Waals surface area (Å²) in [4.78, 5) is 14.8. The summed E-state index contributed by atoms with van der Waals surface area (Å²) in [5.74, 6) is 0.160. The van der Waals surface area contributed by atoms with Crippen molar-refractivity contribution in [2.24, 2.45) is 0 Å². The lowest BCUT2D eigenvalue weighted by Crippen LogP contribution is -2.43. The smallest absolute Gasteiger partial charge is 0.194 e. The summed E-state index contributed by atoms with van der Waals surface area (Å²) in [6.07, 6.45) is 0. The molecule has 20 heavy (non-hydrogen) atoms. The fourth-order valence-electron chi connectivity index (χ4n) is 3.14. The molecule has 100 valence electrons. The molecular formula is C17H16N2O. The molecule has 2 aromatic carbocycles. The van der Waals surface area contributed by atoms with Gasteiger partial charge in [0.15, 0.2) is 5.78 Å². The van der Waals surface area contributed by atoms with Crippen LogP contribution in [0.15, 0.2) is 42.5 Å². The maximum Gasteiger partial charge on any atom is 0.194 e. The fourth-order valence-corrected chi connectivity index (χ4v) is 3.14. The summed E-state index contributed by atoms with van der Waals surface area (Å²) in [6.45, 7) is 4.01. The Labute approximate surface area is 118 Å². The zero-order valence-electron chi connectivity index (χ0n) is 11.2. The lowest BCUT2D eigenvalue weighted by molar-refractivity contribution is 0.104. The molecule has 0 saturated carbocycles. The Morgan fingerprint density at radius 3 is 2.35 bits per heavy atom. The summed E-state index contributed by atoms with van der Waals surface area (Å²) in [6, 6.07) is 14.2. The molecule has 0 radical (unpaired) electrons. The van der Waals surface area contributed by atoms with Crippen LogP contribution in [-0.4, -0.2) is 32.0 Å². The van der Waals surface area contributed by atoms with E-state index in [2.05, 4.69) is 28.4 Å². The van der Waals surface area contributed by atoms with Gasteiger partial charge >= 0.3 is 0 Å². The lowest BCUT2D eigenvalue weighted by atomic mass is 10.1. The average molecular weight is 264 g/mol. The number of rotatable bonds is 1. The number of hydrogen-bond donors (Lipinski definition) is 1. The molecule has 0 unspecified atom stereocenters. The quantitative estimate of drug-likeness (QED) is 0.732. The number of carbonyl (C=O) groups excluding carboxylic acids is 1. The monoisotopic (exact) mass is 264 g/mol. The second-order valence-corrected chi connectivity index (χ2v) is 5.34. The number of nitrogens with one attached hydrogen (secondary N) is 1. The third-order valence-corrected chi connectivity index (χ3v) is 4.19. The molecule has 3 nitrogen and oxygen atoms in total. The van der Waals surface area contributed by atoms with E-state index in [9.17, 15) is 4.79 Å². The highest BCUT2D eigenvalue weighted by Gasteiger charge is 2.26. The Morgan fingerprint density at radius 1 is 0.850 bits per heavy atom. The van der Waals surface area contributed by atoms with Gasteiger partial charge < -0.3 is 10.2 Å². The molecule has 2 aromatic rings. The van der Waals surface area contributed by atoms with Crippen molar-refractivity contribution in [2.45, 2.75) is 0 Å². The molecule has 0 aromatic heterocycles. The first-order valence-electron chi connectivity index (χ1n) is 7.08. The van der Waals surface area contributed by atoms with Crippen molar-refractivity contribution >= 4 is 11.5 Å². The molecule has 4 rings (SSSR count). The van der Waals surface area contributed by atoms with Crippen LogP contribution in [0.5, 0.6) is 0 Å². The molecule has 1 aliphatic heterocycles. The van der Waals surface area contributed by atoms with Gasteiger partial charge in [0, 0.05) is 43.0 Å². The predicted octanol–water partition coefficient (Wildman–Crippen LogP) is 2.31. The predicted molar refractivity (Wildman–Crippen MR) is 80.4 cm³/mol. The van der Waals surface area contributed by atoms with Crippen LogP contribution in [0, 0.1) is 0 Å². The number of benzene rings is 2. The van der Waals surface area contributed by atoms with Crippen LogP contribution in [-0.2, 0) is 0 Å². The molecule has 2 aliphatic rings. The Kier molecular flexibility index (Phi) is 2.60. The van der Waals surface area contributed by atoms with Gasteiger partial charge in [0.2, 0.25) is 0 Å². The molecule has 0 bridgehead atoms. The molecule has 1 heterocycles. The maximum absolute atomic E-state index is 12.5. The summed E-state index contributed by atoms with van der Waals surface area (Å²) >= 11 is 0. The van der Waals surface area contributed by atoms with Crippen molar-refractivity contribution in [2.75, 3.05) is 31.1 Å². The van der Waals surface area contributed by atoms with Crippen molar-refractivity contribution in [3.8, 4) is 11.1 Å². The number of fused-ring (bicyclic) bond motifs is 3. The Balaban J connectivity index is 1.78. The first-order valence-corrected chi connectivity index (χ1v) is 7.08. The zero-order valence-corrected chi connectivity index (χ0v) is 11.2. The number of ketones is 1. The normalized spacial score (nSPS) is 17.0. The van der Waals surface area contributed by atoms with Gasteiger partial charge in [-0.1, -0.05) is 30.3 Å². The van der Waals surface area contributed by atoms with Crippen LogP contribution in [0.25, 0.3) is 11.1 Å². The number of piperazine rings is 1. The standard InChI is InChI=1S/C17H16N2O/c20-17-15-4-2-1-3-13(15)14-6-5-12(11-16(14)17)19-9-7-18-8-10-19/h1-6,11,18H,7-10H2. The Morgan fingerprint density at radius 2 is 1.55 bits per heavy atom. The van der Waals surface area contributed by atoms with E-state index in [1.165, 1.54) is 0 Å². The highest BCUT2D eigenvalue weighted by atomic mass is 16.1. The summed E-state index contributed by atoms with van der Waals surface area (Å²) in [7, 11) is 0. The van der Waals surface area contributed by atoms with Crippen molar-refractivity contribution in [3.05, 3.63) is 53.6 Å². The Bertz CT molecular complexity index is 687. The van der Waals surface area contributed by atoms with Gasteiger partial charge in [0.1, 0.15) is 0 Å². The van der Waals surface area contributed by atoms with E-state index in [-0.39, 0.29) is 5.78 Å². The topological polar surface area (TPSA) is 32.3 Å². The van der Waals surface area contributed by atoms with Gasteiger partial charge in [-0.05, 0) is 23.3 Å². The molecule has 3 heteroatoms. The van der Waals surface area contributed by atoms with Crippen LogP contribution >= 0.6 is 0 Å². The first-order chi connectivity index (χ1) is 9.84. The van der Waals surface area contributed by atoms with Gasteiger partial charge in [0.25, 0.3) is 0 Å². The SMILES string of the molecule is O=C1c2ccccc2-c2ccc(N3CCNCC3)cc21. The van der Waals surface area contributed by atoms with E-state index in [1.807, 2.05) is 24.3 Å². The zero-order chi connectivity index (χ0) is 13.5. The molecule has 0 atom stereocenters. The van der Waals surface area contributed by atoms with Gasteiger partial charge in [-0.25, -0.2) is 0 Å². The number of carbonyl (C=O) groups is 1. The third-order valence-electron chi connectivity index (χ3n) is 4.19. The molecule has 1 N–H and O–H groups in total. The van der Waals surface area contributed by atoms with E-state index in [0.29, 0.717) is 0 Å². The van der Waals surface area contributed by atoms with Crippen molar-refractivity contribution in [3.63, 3.8) is 0 Å². The second-order valence-electron chi connectivity index (χ2n) is 5.34. The van der Waals surface area contributed by atoms with E-state index in [1.54, 1.807) is 0 Å². The number of hydrogen-bond acceptors (Lipinski definition) is 3. The van der Waals surface area contributed by atoms with E-state index in [0.717, 1.165) is 54.1 Å². The molecule has 1 aliphatic carbocycles. The molecular weight excluding hydrogens is 248 g/mol. The van der Waals surface area contributed by atoms with Gasteiger partial charge in [-0.15, -0.1) is 0 Å². The minimum atomic E-state index is 0.160. The van der Waals surface area contributed by atoms with Gasteiger partial charge in [-0.2, -0.15) is 0 Å². The Hall–Kier alpha value is -2.13. The minimum absolute atomic E-state index is 0.160. The van der Waals surface area contributed by atoms with Crippen LogP contribution in [0.4, 0.5) is 5.69 Å². The van der Waals surface area contributed by atoms with Gasteiger partial charge in [-0.3, -0.25) is 4.79 Å². The van der Waals surface area contributed by atoms with E-state index in [4.69, 9.17) is 0 Å². The third kappa shape index (κ3) is 1.67. The van der Waals surface area contributed by atoms with Crippen LogP contribution < -0.4 is 10.2 Å². The van der Waals surface area contributed by atoms with E-state index >= 15 is 0 Å². The van der Waals surface area contributed by atoms with Crippen molar-refractivity contribution in [1.82, 2.24) is 5.32 Å².